The Morgan fingerprint density at radius 1 is 1.17 bits per heavy atom. The molecule has 1 amide bonds. The molecule has 0 saturated heterocycles. The first-order chi connectivity index (χ1) is 14.3. The standard InChI is InChI=1S/C20H27Cl3N6O/c1-4-5-6-7-8-9-10-29-27-19(26-28-29)18(24-13(2)3)20(30)25-17-15(22)11-14(21)12-16(17)23/h5-6,11-13,18,24H,4,7-10H2,1-3H3,(H,25,30)/b6-5+. The Balaban J connectivity index is 2.08. The maximum absolute atomic E-state index is 13.0. The lowest BCUT2D eigenvalue weighted by molar-refractivity contribution is -0.118. The first-order valence-corrected chi connectivity index (χ1v) is 11.1. The molecule has 0 bridgehead atoms. The van der Waals surface area contributed by atoms with E-state index in [1.165, 1.54) is 16.9 Å². The third-order valence-corrected chi connectivity index (χ3v) is 4.94. The topological polar surface area (TPSA) is 84.7 Å². The van der Waals surface area contributed by atoms with Crippen LogP contribution in [0.2, 0.25) is 15.1 Å². The number of amides is 1. The number of anilines is 1. The number of aromatic nitrogens is 4. The van der Waals surface area contributed by atoms with Gasteiger partial charge in [0.25, 0.3) is 0 Å². The summed E-state index contributed by atoms with van der Waals surface area (Å²) in [6.07, 6.45) is 8.38. The normalized spacial score (nSPS) is 12.6. The lowest BCUT2D eigenvalue weighted by atomic mass is 10.2. The zero-order valence-electron chi connectivity index (χ0n) is 17.3. The highest BCUT2D eigenvalue weighted by Crippen LogP contribution is 2.34. The van der Waals surface area contributed by atoms with Crippen LogP contribution in [0.25, 0.3) is 0 Å². The van der Waals surface area contributed by atoms with E-state index in [1.54, 1.807) is 0 Å². The fraction of sp³-hybridized carbons (Fsp3) is 0.500. The SMILES string of the molecule is CC/C=C/CCCCn1nnc(C(NC(C)C)C(=O)Nc2c(Cl)cc(Cl)cc2Cl)n1. The van der Waals surface area contributed by atoms with Gasteiger partial charge in [0.05, 0.1) is 22.3 Å². The number of hydrogen-bond donors (Lipinski definition) is 2. The first kappa shape index (κ1) is 24.6. The molecule has 2 aromatic rings. The quantitative estimate of drug-likeness (QED) is 0.335. The lowest BCUT2D eigenvalue weighted by Crippen LogP contribution is -2.37. The van der Waals surface area contributed by atoms with Gasteiger partial charge in [0.15, 0.2) is 6.04 Å². The molecule has 2 rings (SSSR count). The summed E-state index contributed by atoms with van der Waals surface area (Å²) in [5, 5.41) is 19.3. The Hall–Kier alpha value is -1.67. The van der Waals surface area contributed by atoms with Crippen LogP contribution >= 0.6 is 34.8 Å². The predicted octanol–water partition coefficient (Wildman–Crippen LogP) is 5.45. The van der Waals surface area contributed by atoms with Gasteiger partial charge in [-0.25, -0.2) is 0 Å². The number of carbonyl (C=O) groups excluding carboxylic acids is 1. The van der Waals surface area contributed by atoms with Crippen LogP contribution in [0.3, 0.4) is 0 Å². The van der Waals surface area contributed by atoms with Crippen LogP contribution in [0.1, 0.15) is 58.3 Å². The van der Waals surface area contributed by atoms with Crippen molar-refractivity contribution in [2.45, 2.75) is 65.1 Å². The van der Waals surface area contributed by atoms with Gasteiger partial charge in [-0.3, -0.25) is 10.1 Å². The maximum Gasteiger partial charge on any atom is 0.249 e. The summed E-state index contributed by atoms with van der Waals surface area (Å²) in [5.41, 5.74) is 0.288. The number of allylic oxidation sites excluding steroid dienone is 2. The van der Waals surface area contributed by atoms with Crippen molar-refractivity contribution < 1.29 is 4.79 Å². The minimum Gasteiger partial charge on any atom is -0.322 e. The van der Waals surface area contributed by atoms with Crippen molar-refractivity contribution in [3.8, 4) is 0 Å². The van der Waals surface area contributed by atoms with Gasteiger partial charge < -0.3 is 5.32 Å². The highest BCUT2D eigenvalue weighted by molar-refractivity contribution is 6.42. The largest absolute Gasteiger partial charge is 0.322 e. The molecule has 0 radical (unpaired) electrons. The zero-order valence-corrected chi connectivity index (χ0v) is 19.6. The molecular formula is C20H27Cl3N6O. The van der Waals surface area contributed by atoms with E-state index in [1.807, 2.05) is 13.8 Å². The van der Waals surface area contributed by atoms with E-state index < -0.39 is 6.04 Å². The number of rotatable bonds is 11. The molecular weight excluding hydrogens is 447 g/mol. The molecule has 0 saturated carbocycles. The molecule has 0 aliphatic carbocycles. The summed E-state index contributed by atoms with van der Waals surface area (Å²) in [6, 6.07) is 2.22. The smallest absolute Gasteiger partial charge is 0.249 e. The number of tetrazole rings is 1. The van der Waals surface area contributed by atoms with Crippen molar-refractivity contribution in [3.05, 3.63) is 45.2 Å². The molecule has 10 heteroatoms. The van der Waals surface area contributed by atoms with Crippen LogP contribution in [-0.2, 0) is 11.3 Å². The molecule has 164 valence electrons. The molecule has 0 spiro atoms. The summed E-state index contributed by atoms with van der Waals surface area (Å²) in [7, 11) is 0. The molecule has 7 nitrogen and oxygen atoms in total. The van der Waals surface area contributed by atoms with Crippen LogP contribution in [0.15, 0.2) is 24.3 Å². The average molecular weight is 474 g/mol. The van der Waals surface area contributed by atoms with Crippen LogP contribution in [-0.4, -0.2) is 32.2 Å². The highest BCUT2D eigenvalue weighted by Gasteiger charge is 2.27. The molecule has 1 atom stereocenters. The van der Waals surface area contributed by atoms with Gasteiger partial charge in [-0.1, -0.05) is 53.9 Å². The van der Waals surface area contributed by atoms with Gasteiger partial charge in [-0.05, 0) is 56.9 Å². The summed E-state index contributed by atoms with van der Waals surface area (Å²) in [6.45, 7) is 6.61. The molecule has 1 aromatic heterocycles. The fourth-order valence-corrected chi connectivity index (χ4v) is 3.64. The summed E-state index contributed by atoms with van der Waals surface area (Å²) >= 11 is 18.3. The average Bonchev–Trinajstić information content (AvgIpc) is 3.13. The Kier molecular flexibility index (Phi) is 10.0. The second-order valence-corrected chi connectivity index (χ2v) is 8.36. The number of unbranched alkanes of at least 4 members (excludes halogenated alkanes) is 2. The van der Waals surface area contributed by atoms with E-state index in [0.717, 1.165) is 25.7 Å². The van der Waals surface area contributed by atoms with Crippen molar-refractivity contribution in [2.24, 2.45) is 0 Å². The minimum atomic E-state index is -0.811. The molecule has 1 heterocycles. The molecule has 0 aliphatic heterocycles. The van der Waals surface area contributed by atoms with Gasteiger partial charge in [0, 0.05) is 11.1 Å². The van der Waals surface area contributed by atoms with Crippen LogP contribution in [0, 0.1) is 0 Å². The second-order valence-electron chi connectivity index (χ2n) is 7.11. The molecule has 30 heavy (non-hydrogen) atoms. The third-order valence-electron chi connectivity index (χ3n) is 4.13. The number of nitrogens with one attached hydrogen (secondary N) is 2. The van der Waals surface area contributed by atoms with Crippen molar-refractivity contribution in [3.63, 3.8) is 0 Å². The van der Waals surface area contributed by atoms with E-state index >= 15 is 0 Å². The summed E-state index contributed by atoms with van der Waals surface area (Å²) in [5.74, 6) is -0.104. The number of nitrogens with zero attached hydrogens (tertiary/aromatic N) is 4. The molecule has 1 unspecified atom stereocenters. The minimum absolute atomic E-state index is 0.00853. The lowest BCUT2D eigenvalue weighted by Gasteiger charge is -2.19. The van der Waals surface area contributed by atoms with E-state index in [2.05, 4.69) is 45.1 Å². The van der Waals surface area contributed by atoms with Crippen molar-refractivity contribution in [2.75, 3.05) is 5.32 Å². The van der Waals surface area contributed by atoms with Crippen molar-refractivity contribution >= 4 is 46.4 Å². The van der Waals surface area contributed by atoms with Crippen LogP contribution < -0.4 is 10.6 Å². The number of hydrogen-bond acceptors (Lipinski definition) is 5. The molecule has 0 fully saturated rings. The van der Waals surface area contributed by atoms with Crippen LogP contribution in [0.5, 0.6) is 0 Å². The van der Waals surface area contributed by atoms with E-state index in [0.29, 0.717) is 11.6 Å². The summed E-state index contributed by atoms with van der Waals surface area (Å²) < 4.78 is 0. The Morgan fingerprint density at radius 3 is 2.50 bits per heavy atom. The van der Waals surface area contributed by atoms with Crippen LogP contribution in [0.4, 0.5) is 5.69 Å². The van der Waals surface area contributed by atoms with E-state index in [9.17, 15) is 4.79 Å². The van der Waals surface area contributed by atoms with Crippen molar-refractivity contribution in [1.82, 2.24) is 25.5 Å². The van der Waals surface area contributed by atoms with E-state index in [-0.39, 0.29) is 33.5 Å². The molecule has 1 aromatic carbocycles. The second kappa shape index (κ2) is 12.2. The Bertz CT molecular complexity index is 845. The van der Waals surface area contributed by atoms with Crippen molar-refractivity contribution in [1.29, 1.82) is 0 Å². The fourth-order valence-electron chi connectivity index (χ4n) is 2.72. The number of benzene rings is 1. The Labute approximate surface area is 192 Å². The monoisotopic (exact) mass is 472 g/mol. The zero-order chi connectivity index (χ0) is 22.1. The third kappa shape index (κ3) is 7.54. The number of halogens is 3. The molecule has 2 N–H and O–H groups in total. The number of carbonyl (C=O) groups is 1. The van der Waals surface area contributed by atoms with E-state index in [4.69, 9.17) is 34.8 Å². The van der Waals surface area contributed by atoms with Gasteiger partial charge in [0.2, 0.25) is 11.7 Å². The highest BCUT2D eigenvalue weighted by atomic mass is 35.5. The van der Waals surface area contributed by atoms with Gasteiger partial charge in [-0.15, -0.1) is 10.2 Å². The Morgan fingerprint density at radius 2 is 1.87 bits per heavy atom. The van der Waals surface area contributed by atoms with Gasteiger partial charge >= 0.3 is 0 Å². The molecule has 0 aliphatic rings. The number of aryl methyl sites for hydroxylation is 1. The van der Waals surface area contributed by atoms with Gasteiger partial charge in [0.1, 0.15) is 0 Å². The van der Waals surface area contributed by atoms with Gasteiger partial charge in [-0.2, -0.15) is 4.80 Å². The maximum atomic E-state index is 13.0. The predicted molar refractivity (Wildman–Crippen MR) is 122 cm³/mol. The first-order valence-electron chi connectivity index (χ1n) is 9.96. The summed E-state index contributed by atoms with van der Waals surface area (Å²) in [4.78, 5) is 14.5.